The number of aromatic nitrogens is 1. The molecule has 0 saturated carbocycles. The Labute approximate surface area is 192 Å². The number of ether oxygens (including phenoxy) is 2. The molecule has 3 heterocycles. The summed E-state index contributed by atoms with van der Waals surface area (Å²) in [6.07, 6.45) is 1.71. The Morgan fingerprint density at radius 3 is 3.00 bits per heavy atom. The van der Waals surface area contributed by atoms with Gasteiger partial charge in [0.1, 0.15) is 23.3 Å². The third-order valence-corrected chi connectivity index (χ3v) is 6.43. The summed E-state index contributed by atoms with van der Waals surface area (Å²) in [6, 6.07) is 3.68. The van der Waals surface area contributed by atoms with Crippen LogP contribution in [0.3, 0.4) is 0 Å². The second-order valence-corrected chi connectivity index (χ2v) is 8.87. The number of hydrogen-bond acceptors (Lipinski definition) is 8. The molecule has 7 nitrogen and oxygen atoms in total. The molecule has 2 atom stereocenters. The fraction of sp³-hybridized carbons (Fsp3) is 0.381. The van der Waals surface area contributed by atoms with Crippen molar-refractivity contribution in [3.63, 3.8) is 0 Å². The second kappa shape index (κ2) is 9.46. The van der Waals surface area contributed by atoms with Crippen LogP contribution >= 0.6 is 27.3 Å². The first-order chi connectivity index (χ1) is 15.0. The lowest BCUT2D eigenvalue weighted by molar-refractivity contribution is -0.139. The maximum Gasteiger partial charge on any atom is 0.340 e. The van der Waals surface area contributed by atoms with Gasteiger partial charge < -0.3 is 19.7 Å². The van der Waals surface area contributed by atoms with Gasteiger partial charge in [-0.05, 0) is 31.5 Å². The molecule has 0 bridgehead atoms. The topological polar surface area (TPSA) is 76.0 Å². The van der Waals surface area contributed by atoms with Gasteiger partial charge in [-0.2, -0.15) is 0 Å². The number of thiazole rings is 1. The highest BCUT2D eigenvalue weighted by atomic mass is 79.9. The molecule has 0 amide bonds. The van der Waals surface area contributed by atoms with E-state index in [9.17, 15) is 9.18 Å². The molecule has 0 unspecified atom stereocenters. The highest BCUT2D eigenvalue weighted by molar-refractivity contribution is 9.10. The average Bonchev–Trinajstić information content (AvgIpc) is 3.28. The van der Waals surface area contributed by atoms with Gasteiger partial charge >= 0.3 is 5.97 Å². The first kappa shape index (κ1) is 21.9. The molecule has 1 fully saturated rings. The van der Waals surface area contributed by atoms with E-state index in [0.29, 0.717) is 52.0 Å². The smallest absolute Gasteiger partial charge is 0.340 e. The average molecular weight is 509 g/mol. The molecule has 2 aliphatic heterocycles. The van der Waals surface area contributed by atoms with Gasteiger partial charge in [-0.25, -0.2) is 14.2 Å². The van der Waals surface area contributed by atoms with Crippen molar-refractivity contribution in [2.45, 2.75) is 26.0 Å². The number of aliphatic imine (C=N–C) groups is 1. The first-order valence-electron chi connectivity index (χ1n) is 9.95. The van der Waals surface area contributed by atoms with Crippen LogP contribution in [-0.2, 0) is 14.3 Å². The van der Waals surface area contributed by atoms with Crippen molar-refractivity contribution in [2.75, 3.05) is 26.3 Å². The van der Waals surface area contributed by atoms with E-state index in [1.807, 2.05) is 12.3 Å². The van der Waals surface area contributed by atoms with Crippen molar-refractivity contribution in [3.05, 3.63) is 62.0 Å². The predicted molar refractivity (Wildman–Crippen MR) is 119 cm³/mol. The molecule has 4 rings (SSSR count). The molecule has 2 aliphatic rings. The quantitative estimate of drug-likeness (QED) is 0.621. The van der Waals surface area contributed by atoms with Crippen molar-refractivity contribution in [1.29, 1.82) is 0 Å². The van der Waals surface area contributed by atoms with Crippen LogP contribution < -0.4 is 5.32 Å². The lowest BCUT2D eigenvalue weighted by Gasteiger charge is -2.38. The van der Waals surface area contributed by atoms with Crippen LogP contribution in [0.15, 0.2) is 50.6 Å². The highest BCUT2D eigenvalue weighted by Crippen LogP contribution is 2.37. The van der Waals surface area contributed by atoms with Crippen LogP contribution in [0.4, 0.5) is 4.39 Å². The van der Waals surface area contributed by atoms with E-state index in [4.69, 9.17) is 14.5 Å². The largest absolute Gasteiger partial charge is 0.462 e. The molecule has 31 heavy (non-hydrogen) atoms. The number of amidine groups is 1. The Balaban J connectivity index is 1.88. The lowest BCUT2D eigenvalue weighted by atomic mass is 9.96. The fourth-order valence-electron chi connectivity index (χ4n) is 3.62. The van der Waals surface area contributed by atoms with E-state index >= 15 is 0 Å². The molecule has 164 valence electrons. The van der Waals surface area contributed by atoms with Gasteiger partial charge in [0.05, 0.1) is 19.3 Å². The summed E-state index contributed by atoms with van der Waals surface area (Å²) < 4.78 is 25.4. The van der Waals surface area contributed by atoms with Gasteiger partial charge in [0.2, 0.25) is 0 Å². The van der Waals surface area contributed by atoms with Gasteiger partial charge in [0, 0.05) is 29.1 Å². The standard InChI is InChI=1S/C21H22BrFN4O3S/c1-3-29-21(28)16-17(14-5-4-13(23)10-15(14)22)25-18(20-24-6-9-31-20)26-19(16)27-7-8-30-12(2)11-27/h4-6,9-10,12,17H,3,7-8,11H2,1-2H3,(H,25,26)/t12-,17-/m0/s1. The van der Waals surface area contributed by atoms with E-state index in [1.165, 1.54) is 23.5 Å². The Morgan fingerprint density at radius 1 is 1.48 bits per heavy atom. The number of esters is 1. The number of nitrogens with zero attached hydrogens (tertiary/aromatic N) is 3. The Morgan fingerprint density at radius 2 is 2.32 bits per heavy atom. The predicted octanol–water partition coefficient (Wildman–Crippen LogP) is 3.63. The maximum atomic E-state index is 13.8. The zero-order valence-corrected chi connectivity index (χ0v) is 19.5. The van der Waals surface area contributed by atoms with Gasteiger partial charge in [0.25, 0.3) is 0 Å². The number of nitrogens with one attached hydrogen (secondary N) is 1. The summed E-state index contributed by atoms with van der Waals surface area (Å²) >= 11 is 4.89. The summed E-state index contributed by atoms with van der Waals surface area (Å²) in [6.45, 7) is 5.74. The molecular formula is C21H22BrFN4O3S. The Hall–Kier alpha value is -2.30. The van der Waals surface area contributed by atoms with Gasteiger partial charge in [0.15, 0.2) is 10.8 Å². The lowest BCUT2D eigenvalue weighted by Crippen LogP contribution is -2.48. The zero-order chi connectivity index (χ0) is 22.0. The van der Waals surface area contributed by atoms with Crippen molar-refractivity contribution in [1.82, 2.24) is 15.2 Å². The third kappa shape index (κ3) is 4.65. The van der Waals surface area contributed by atoms with Gasteiger partial charge in [-0.1, -0.05) is 22.0 Å². The summed E-state index contributed by atoms with van der Waals surface area (Å²) in [5, 5.41) is 5.89. The molecule has 1 aromatic carbocycles. The molecule has 1 N–H and O–H groups in total. The maximum absolute atomic E-state index is 13.8. The SMILES string of the molecule is CCOC(=O)C1=C(N2CCO[C@@H](C)C2)NC(c2nccs2)=N[C@H]1c1ccc(F)cc1Br. The van der Waals surface area contributed by atoms with Crippen molar-refractivity contribution in [2.24, 2.45) is 4.99 Å². The minimum Gasteiger partial charge on any atom is -0.462 e. The second-order valence-electron chi connectivity index (χ2n) is 7.12. The molecule has 0 aliphatic carbocycles. The van der Waals surface area contributed by atoms with Crippen LogP contribution in [0.25, 0.3) is 0 Å². The van der Waals surface area contributed by atoms with Gasteiger partial charge in [-0.3, -0.25) is 4.99 Å². The van der Waals surface area contributed by atoms with Crippen molar-refractivity contribution >= 4 is 39.1 Å². The fourth-order valence-corrected chi connectivity index (χ4v) is 4.78. The monoisotopic (exact) mass is 508 g/mol. The number of carbonyl (C=O) groups excluding carboxylic acids is 1. The van der Waals surface area contributed by atoms with E-state index in [2.05, 4.69) is 31.1 Å². The minimum absolute atomic E-state index is 0.00433. The number of halogens is 2. The molecule has 1 aromatic heterocycles. The van der Waals surface area contributed by atoms with Crippen LogP contribution in [0.2, 0.25) is 0 Å². The number of carbonyl (C=O) groups is 1. The van der Waals surface area contributed by atoms with Crippen LogP contribution in [-0.4, -0.2) is 54.1 Å². The summed E-state index contributed by atoms with van der Waals surface area (Å²) in [7, 11) is 0. The molecular weight excluding hydrogens is 487 g/mol. The van der Waals surface area contributed by atoms with Gasteiger partial charge in [-0.15, -0.1) is 11.3 Å². The van der Waals surface area contributed by atoms with Crippen molar-refractivity contribution < 1.29 is 18.7 Å². The molecule has 2 aromatic rings. The van der Waals surface area contributed by atoms with E-state index < -0.39 is 12.0 Å². The Kier molecular flexibility index (Phi) is 6.68. The first-order valence-corrected chi connectivity index (χ1v) is 11.6. The van der Waals surface area contributed by atoms with E-state index in [-0.39, 0.29) is 18.5 Å². The summed E-state index contributed by atoms with van der Waals surface area (Å²) in [5.41, 5.74) is 1.04. The van der Waals surface area contributed by atoms with Crippen LogP contribution in [0.1, 0.15) is 30.5 Å². The number of rotatable bonds is 5. The number of hydrogen-bond donors (Lipinski definition) is 1. The van der Waals surface area contributed by atoms with E-state index in [0.717, 1.165) is 0 Å². The van der Waals surface area contributed by atoms with Crippen LogP contribution in [0.5, 0.6) is 0 Å². The zero-order valence-electron chi connectivity index (χ0n) is 17.1. The van der Waals surface area contributed by atoms with Crippen molar-refractivity contribution in [3.8, 4) is 0 Å². The van der Waals surface area contributed by atoms with Crippen LogP contribution in [0, 0.1) is 5.82 Å². The van der Waals surface area contributed by atoms with E-state index in [1.54, 1.807) is 19.2 Å². The number of morpholine rings is 1. The molecule has 1 saturated heterocycles. The molecule has 0 spiro atoms. The molecule has 10 heteroatoms. The Bertz CT molecular complexity index is 1030. The molecule has 0 radical (unpaired) electrons. The third-order valence-electron chi connectivity index (χ3n) is 4.97. The summed E-state index contributed by atoms with van der Waals surface area (Å²) in [5.74, 6) is 0.332. The minimum atomic E-state index is -0.692. The number of benzene rings is 1. The summed E-state index contributed by atoms with van der Waals surface area (Å²) in [4.78, 5) is 24.4. The highest BCUT2D eigenvalue weighted by Gasteiger charge is 2.37. The normalized spacial score (nSPS) is 21.5.